The fraction of sp³-hybridized carbons (Fsp3) is 0.600. The SMILES string of the molecule is CCN1CCOC(CN)C1c1ccc2c(c1)CCO2. The predicted molar refractivity (Wildman–Crippen MR) is 74.4 cm³/mol. The Kier molecular flexibility index (Phi) is 3.73. The van der Waals surface area contributed by atoms with Crippen LogP contribution in [0.15, 0.2) is 18.2 Å². The average molecular weight is 262 g/mol. The van der Waals surface area contributed by atoms with Crippen LogP contribution in [-0.2, 0) is 11.2 Å². The zero-order chi connectivity index (χ0) is 13.2. The van der Waals surface area contributed by atoms with Crippen LogP contribution in [0.3, 0.4) is 0 Å². The van der Waals surface area contributed by atoms with Gasteiger partial charge < -0.3 is 15.2 Å². The van der Waals surface area contributed by atoms with Crippen LogP contribution in [0.2, 0.25) is 0 Å². The second-order valence-corrected chi connectivity index (χ2v) is 5.18. The lowest BCUT2D eigenvalue weighted by atomic mass is 9.95. The molecule has 0 radical (unpaired) electrons. The minimum absolute atomic E-state index is 0.0917. The molecule has 104 valence electrons. The van der Waals surface area contributed by atoms with E-state index in [0.29, 0.717) is 6.54 Å². The van der Waals surface area contributed by atoms with E-state index in [1.165, 1.54) is 11.1 Å². The number of rotatable bonds is 3. The van der Waals surface area contributed by atoms with Gasteiger partial charge in [-0.25, -0.2) is 0 Å². The van der Waals surface area contributed by atoms with Crippen molar-refractivity contribution in [3.63, 3.8) is 0 Å². The highest BCUT2D eigenvalue weighted by molar-refractivity contribution is 5.41. The topological polar surface area (TPSA) is 47.7 Å². The molecule has 1 fully saturated rings. The Morgan fingerprint density at radius 2 is 2.26 bits per heavy atom. The van der Waals surface area contributed by atoms with Gasteiger partial charge in [0.2, 0.25) is 0 Å². The summed E-state index contributed by atoms with van der Waals surface area (Å²) in [6.07, 6.45) is 1.10. The lowest BCUT2D eigenvalue weighted by Gasteiger charge is -2.40. The molecule has 0 aromatic heterocycles. The van der Waals surface area contributed by atoms with Crippen molar-refractivity contribution < 1.29 is 9.47 Å². The quantitative estimate of drug-likeness (QED) is 0.893. The van der Waals surface area contributed by atoms with Crippen molar-refractivity contribution >= 4 is 0 Å². The normalized spacial score (nSPS) is 27.1. The summed E-state index contributed by atoms with van der Waals surface area (Å²) in [6.45, 7) is 6.35. The summed E-state index contributed by atoms with van der Waals surface area (Å²) in [6, 6.07) is 6.80. The van der Waals surface area contributed by atoms with Crippen LogP contribution in [-0.4, -0.2) is 43.9 Å². The van der Waals surface area contributed by atoms with Crippen molar-refractivity contribution in [2.75, 3.05) is 32.8 Å². The maximum Gasteiger partial charge on any atom is 0.122 e. The van der Waals surface area contributed by atoms with Crippen LogP contribution in [0.4, 0.5) is 0 Å². The number of likely N-dealkylation sites (N-methyl/N-ethyl adjacent to an activating group) is 1. The van der Waals surface area contributed by atoms with Crippen LogP contribution >= 0.6 is 0 Å². The Bertz CT molecular complexity index is 438. The molecule has 1 saturated heterocycles. The van der Waals surface area contributed by atoms with Crippen LogP contribution in [0, 0.1) is 0 Å². The Labute approximate surface area is 114 Å². The first-order valence-corrected chi connectivity index (χ1v) is 7.15. The summed E-state index contributed by atoms with van der Waals surface area (Å²) in [5, 5.41) is 0. The molecular weight excluding hydrogens is 240 g/mol. The molecule has 2 heterocycles. The molecule has 2 aliphatic rings. The molecule has 19 heavy (non-hydrogen) atoms. The number of ether oxygens (including phenoxy) is 2. The van der Waals surface area contributed by atoms with Gasteiger partial charge in [-0.3, -0.25) is 4.90 Å². The van der Waals surface area contributed by atoms with Crippen LogP contribution in [0.25, 0.3) is 0 Å². The fourth-order valence-electron chi connectivity index (χ4n) is 3.15. The monoisotopic (exact) mass is 262 g/mol. The summed E-state index contributed by atoms with van der Waals surface area (Å²) in [4.78, 5) is 2.46. The van der Waals surface area contributed by atoms with Crippen molar-refractivity contribution in [2.24, 2.45) is 5.73 Å². The van der Waals surface area contributed by atoms with E-state index in [4.69, 9.17) is 15.2 Å². The second kappa shape index (κ2) is 5.49. The molecule has 2 unspecified atom stereocenters. The summed E-state index contributed by atoms with van der Waals surface area (Å²) >= 11 is 0. The van der Waals surface area contributed by atoms with Gasteiger partial charge in [0.15, 0.2) is 0 Å². The smallest absolute Gasteiger partial charge is 0.122 e. The largest absolute Gasteiger partial charge is 0.493 e. The number of hydrogen-bond donors (Lipinski definition) is 1. The molecule has 0 amide bonds. The van der Waals surface area contributed by atoms with E-state index < -0.39 is 0 Å². The molecule has 2 atom stereocenters. The number of nitrogens with zero attached hydrogens (tertiary/aromatic N) is 1. The van der Waals surface area contributed by atoms with Gasteiger partial charge in [0.05, 0.1) is 25.4 Å². The molecule has 1 aromatic carbocycles. The molecule has 1 aromatic rings. The highest BCUT2D eigenvalue weighted by atomic mass is 16.5. The third kappa shape index (κ3) is 2.36. The van der Waals surface area contributed by atoms with E-state index in [2.05, 4.69) is 30.0 Å². The molecule has 4 heteroatoms. The molecule has 3 rings (SSSR count). The van der Waals surface area contributed by atoms with Crippen LogP contribution in [0.5, 0.6) is 5.75 Å². The summed E-state index contributed by atoms with van der Waals surface area (Å²) in [5.74, 6) is 1.04. The first-order chi connectivity index (χ1) is 9.33. The lowest BCUT2D eigenvalue weighted by Crippen LogP contribution is -2.48. The van der Waals surface area contributed by atoms with E-state index in [9.17, 15) is 0 Å². The van der Waals surface area contributed by atoms with Gasteiger partial charge in [0, 0.05) is 19.5 Å². The highest BCUT2D eigenvalue weighted by Crippen LogP contribution is 2.33. The van der Waals surface area contributed by atoms with E-state index in [-0.39, 0.29) is 12.1 Å². The van der Waals surface area contributed by atoms with Crippen molar-refractivity contribution in [2.45, 2.75) is 25.5 Å². The number of nitrogens with two attached hydrogens (primary N) is 1. The Hall–Kier alpha value is -1.10. The Balaban J connectivity index is 1.92. The molecule has 2 N–H and O–H groups in total. The zero-order valence-electron chi connectivity index (χ0n) is 11.5. The molecule has 0 bridgehead atoms. The average Bonchev–Trinajstić information content (AvgIpc) is 2.93. The van der Waals surface area contributed by atoms with Gasteiger partial charge in [-0.15, -0.1) is 0 Å². The number of fused-ring (bicyclic) bond motifs is 1. The van der Waals surface area contributed by atoms with E-state index >= 15 is 0 Å². The van der Waals surface area contributed by atoms with Crippen LogP contribution in [0.1, 0.15) is 24.1 Å². The number of benzene rings is 1. The summed E-state index contributed by atoms with van der Waals surface area (Å²) < 4.78 is 11.4. The van der Waals surface area contributed by atoms with Crippen molar-refractivity contribution in [3.8, 4) is 5.75 Å². The van der Waals surface area contributed by atoms with Crippen molar-refractivity contribution in [3.05, 3.63) is 29.3 Å². The molecule has 0 saturated carbocycles. The predicted octanol–water partition coefficient (Wildman–Crippen LogP) is 1.34. The van der Waals surface area contributed by atoms with E-state index in [1.807, 2.05) is 0 Å². The van der Waals surface area contributed by atoms with Gasteiger partial charge in [-0.1, -0.05) is 19.1 Å². The maximum atomic E-state index is 5.88. The minimum Gasteiger partial charge on any atom is -0.493 e. The highest BCUT2D eigenvalue weighted by Gasteiger charge is 2.32. The van der Waals surface area contributed by atoms with Gasteiger partial charge in [-0.2, -0.15) is 0 Å². The first-order valence-electron chi connectivity index (χ1n) is 7.15. The molecular formula is C15H22N2O2. The van der Waals surface area contributed by atoms with Crippen molar-refractivity contribution in [1.29, 1.82) is 0 Å². The lowest BCUT2D eigenvalue weighted by molar-refractivity contribution is -0.0658. The van der Waals surface area contributed by atoms with Gasteiger partial charge in [-0.05, 0) is 23.7 Å². The maximum absolute atomic E-state index is 5.88. The van der Waals surface area contributed by atoms with Gasteiger partial charge >= 0.3 is 0 Å². The zero-order valence-corrected chi connectivity index (χ0v) is 11.5. The van der Waals surface area contributed by atoms with E-state index in [1.54, 1.807) is 0 Å². The third-order valence-electron chi connectivity index (χ3n) is 4.15. The first kappa shape index (κ1) is 12.9. The molecule has 4 nitrogen and oxygen atoms in total. The fourth-order valence-corrected chi connectivity index (χ4v) is 3.15. The minimum atomic E-state index is 0.0917. The summed E-state index contributed by atoms with van der Waals surface area (Å²) in [5.41, 5.74) is 8.51. The number of hydrogen-bond acceptors (Lipinski definition) is 4. The number of morpholine rings is 1. The Morgan fingerprint density at radius 1 is 1.37 bits per heavy atom. The van der Waals surface area contributed by atoms with Crippen molar-refractivity contribution in [1.82, 2.24) is 4.90 Å². The molecule has 2 aliphatic heterocycles. The molecule has 0 spiro atoms. The second-order valence-electron chi connectivity index (χ2n) is 5.18. The summed E-state index contributed by atoms with van der Waals surface area (Å²) in [7, 11) is 0. The standard InChI is InChI=1S/C15H22N2O2/c1-2-17-6-8-19-14(10-16)15(17)12-3-4-13-11(9-12)5-7-18-13/h3-4,9,14-15H,2,5-8,10,16H2,1H3. The van der Waals surface area contributed by atoms with Crippen LogP contribution < -0.4 is 10.5 Å². The Morgan fingerprint density at radius 3 is 3.05 bits per heavy atom. The van der Waals surface area contributed by atoms with E-state index in [0.717, 1.165) is 38.5 Å². The van der Waals surface area contributed by atoms with Gasteiger partial charge in [0.1, 0.15) is 5.75 Å². The van der Waals surface area contributed by atoms with Gasteiger partial charge in [0.25, 0.3) is 0 Å². The molecule has 0 aliphatic carbocycles. The third-order valence-corrected chi connectivity index (χ3v) is 4.15.